The third kappa shape index (κ3) is 2.81. The van der Waals surface area contributed by atoms with Gasteiger partial charge in [0.05, 0.1) is 17.1 Å². The maximum Gasteiger partial charge on any atom is 0.223 e. The van der Waals surface area contributed by atoms with Crippen LogP contribution in [0.3, 0.4) is 0 Å². The van der Waals surface area contributed by atoms with Crippen molar-refractivity contribution >= 4 is 16.9 Å². The summed E-state index contributed by atoms with van der Waals surface area (Å²) in [4.78, 5) is 19.2. The van der Waals surface area contributed by atoms with Crippen LogP contribution >= 0.6 is 0 Å². The normalized spacial score (nSPS) is 18.4. The van der Waals surface area contributed by atoms with Gasteiger partial charge >= 0.3 is 0 Å². The third-order valence-electron chi connectivity index (χ3n) is 5.22. The summed E-state index contributed by atoms with van der Waals surface area (Å²) in [7, 11) is 0. The van der Waals surface area contributed by atoms with Gasteiger partial charge in [-0.05, 0) is 24.6 Å². The zero-order valence-corrected chi connectivity index (χ0v) is 15.0. The number of nitrogens with zero attached hydrogens (tertiary/aromatic N) is 3. The van der Waals surface area contributed by atoms with E-state index in [0.29, 0.717) is 19.5 Å². The molecule has 1 aliphatic heterocycles. The van der Waals surface area contributed by atoms with Crippen LogP contribution in [0.5, 0.6) is 0 Å². The highest BCUT2D eigenvalue weighted by molar-refractivity contribution is 5.81. The maximum absolute atomic E-state index is 12.4. The molecule has 26 heavy (non-hydrogen) atoms. The molecule has 4 nitrogen and oxygen atoms in total. The van der Waals surface area contributed by atoms with E-state index in [1.54, 1.807) is 6.08 Å². The highest BCUT2D eigenvalue weighted by Gasteiger charge is 2.34. The number of hydrogen-bond donors (Lipinski definition) is 0. The molecule has 1 fully saturated rings. The first kappa shape index (κ1) is 16.6. The molecule has 0 unspecified atom stereocenters. The average molecular weight is 345 g/mol. The van der Waals surface area contributed by atoms with Gasteiger partial charge < -0.3 is 9.47 Å². The Kier molecular flexibility index (Phi) is 4.33. The van der Waals surface area contributed by atoms with Gasteiger partial charge in [0.1, 0.15) is 5.82 Å². The van der Waals surface area contributed by atoms with E-state index in [4.69, 9.17) is 4.98 Å². The predicted octanol–water partition coefficient (Wildman–Crippen LogP) is 4.15. The van der Waals surface area contributed by atoms with Crippen molar-refractivity contribution in [2.24, 2.45) is 0 Å². The van der Waals surface area contributed by atoms with Crippen LogP contribution in [-0.4, -0.2) is 33.4 Å². The minimum Gasteiger partial charge on any atom is -0.338 e. The fourth-order valence-electron chi connectivity index (χ4n) is 3.92. The van der Waals surface area contributed by atoms with Gasteiger partial charge in [-0.1, -0.05) is 48.5 Å². The van der Waals surface area contributed by atoms with E-state index in [2.05, 4.69) is 48.4 Å². The number of hydrogen-bond acceptors (Lipinski definition) is 2. The first-order valence-electron chi connectivity index (χ1n) is 9.09. The molecule has 1 aromatic heterocycles. The van der Waals surface area contributed by atoms with Gasteiger partial charge in [-0.3, -0.25) is 4.79 Å². The number of carbonyl (C=O) groups excluding carboxylic acids is 1. The molecule has 0 bridgehead atoms. The van der Waals surface area contributed by atoms with Gasteiger partial charge in [0.25, 0.3) is 0 Å². The lowest BCUT2D eigenvalue weighted by Gasteiger charge is -2.21. The number of benzene rings is 2. The van der Waals surface area contributed by atoms with Gasteiger partial charge in [0.15, 0.2) is 0 Å². The lowest BCUT2D eigenvalue weighted by atomic mass is 10.0. The molecular formula is C22H23N3O. The molecule has 2 atom stereocenters. The van der Waals surface area contributed by atoms with Crippen molar-refractivity contribution in [1.82, 2.24) is 14.5 Å². The predicted molar refractivity (Wildman–Crippen MR) is 104 cm³/mol. The van der Waals surface area contributed by atoms with E-state index < -0.39 is 0 Å². The van der Waals surface area contributed by atoms with Gasteiger partial charge in [0.2, 0.25) is 5.91 Å². The lowest BCUT2D eigenvalue weighted by Crippen LogP contribution is -2.25. The summed E-state index contributed by atoms with van der Waals surface area (Å²) >= 11 is 0. The van der Waals surface area contributed by atoms with Gasteiger partial charge in [0, 0.05) is 25.4 Å². The molecule has 4 rings (SSSR count). The summed E-state index contributed by atoms with van der Waals surface area (Å²) in [6.07, 6.45) is 2.30. The monoisotopic (exact) mass is 345 g/mol. The highest BCUT2D eigenvalue weighted by Crippen LogP contribution is 2.34. The molecular weight excluding hydrogens is 322 g/mol. The van der Waals surface area contributed by atoms with Crippen molar-refractivity contribution in [2.75, 3.05) is 13.1 Å². The van der Waals surface area contributed by atoms with Crippen LogP contribution in [-0.2, 0) is 4.79 Å². The van der Waals surface area contributed by atoms with Crippen LogP contribution in [0.25, 0.3) is 11.0 Å². The summed E-state index contributed by atoms with van der Waals surface area (Å²) in [5, 5.41) is 0. The minimum atomic E-state index is 0.112. The summed E-state index contributed by atoms with van der Waals surface area (Å²) in [6, 6.07) is 18.8. The second-order valence-electron chi connectivity index (χ2n) is 6.90. The van der Waals surface area contributed by atoms with E-state index in [0.717, 1.165) is 16.9 Å². The molecule has 3 aromatic rings. The summed E-state index contributed by atoms with van der Waals surface area (Å²) < 4.78 is 2.31. The van der Waals surface area contributed by atoms with Gasteiger partial charge in [-0.25, -0.2) is 4.98 Å². The second-order valence-corrected chi connectivity index (χ2v) is 6.90. The van der Waals surface area contributed by atoms with Crippen LogP contribution in [0, 0.1) is 0 Å². The first-order chi connectivity index (χ1) is 12.7. The molecule has 1 amide bonds. The lowest BCUT2D eigenvalue weighted by molar-refractivity contribution is -0.127. The number of aromatic nitrogens is 2. The standard InChI is InChI=1S/C22H23N3O/c1-3-13-24-15-18(14-21(24)26)22-23-19-11-7-8-12-20(19)25(22)16(2)17-9-5-4-6-10-17/h3-12,16,18H,1,13-15H2,2H3/t16-,18+/m0/s1. The fraction of sp³-hybridized carbons (Fsp3) is 0.273. The Morgan fingerprint density at radius 3 is 2.69 bits per heavy atom. The average Bonchev–Trinajstić information content (AvgIpc) is 3.23. The van der Waals surface area contributed by atoms with E-state index in [-0.39, 0.29) is 17.9 Å². The molecule has 132 valence electrons. The van der Waals surface area contributed by atoms with E-state index >= 15 is 0 Å². The SMILES string of the molecule is C=CCN1C[C@H](c2nc3ccccc3n2[C@@H](C)c2ccccc2)CC1=O. The molecule has 0 saturated carbocycles. The molecule has 1 aliphatic rings. The molecule has 2 heterocycles. The van der Waals surface area contributed by atoms with Gasteiger partial charge in [-0.15, -0.1) is 6.58 Å². The molecule has 0 N–H and O–H groups in total. The third-order valence-corrected chi connectivity index (χ3v) is 5.22. The zero-order valence-electron chi connectivity index (χ0n) is 15.0. The highest BCUT2D eigenvalue weighted by atomic mass is 16.2. The summed E-state index contributed by atoms with van der Waals surface area (Å²) in [6.45, 7) is 7.27. The number of rotatable bonds is 5. The van der Waals surface area contributed by atoms with Crippen LogP contribution in [0.4, 0.5) is 0 Å². The van der Waals surface area contributed by atoms with Crippen molar-refractivity contribution < 1.29 is 4.79 Å². The van der Waals surface area contributed by atoms with E-state index in [1.807, 2.05) is 29.2 Å². The minimum absolute atomic E-state index is 0.112. The molecule has 0 radical (unpaired) electrons. The largest absolute Gasteiger partial charge is 0.338 e. The molecule has 0 aliphatic carbocycles. The number of carbonyl (C=O) groups is 1. The van der Waals surface area contributed by atoms with Crippen LogP contribution in [0.2, 0.25) is 0 Å². The topological polar surface area (TPSA) is 38.1 Å². The quantitative estimate of drug-likeness (QED) is 0.652. The van der Waals surface area contributed by atoms with E-state index in [9.17, 15) is 4.79 Å². The Labute approximate surface area is 153 Å². The van der Waals surface area contributed by atoms with Crippen molar-refractivity contribution in [2.45, 2.75) is 25.3 Å². The Morgan fingerprint density at radius 2 is 1.92 bits per heavy atom. The smallest absolute Gasteiger partial charge is 0.223 e. The van der Waals surface area contributed by atoms with Crippen molar-refractivity contribution in [3.8, 4) is 0 Å². The Bertz CT molecular complexity index is 944. The Balaban J connectivity index is 1.80. The molecule has 2 aromatic carbocycles. The van der Waals surface area contributed by atoms with Crippen molar-refractivity contribution in [3.05, 3.63) is 78.6 Å². The van der Waals surface area contributed by atoms with Crippen LogP contribution in [0.1, 0.15) is 36.7 Å². The second kappa shape index (κ2) is 6.79. The molecule has 4 heteroatoms. The number of fused-ring (bicyclic) bond motifs is 1. The van der Waals surface area contributed by atoms with Crippen LogP contribution < -0.4 is 0 Å². The van der Waals surface area contributed by atoms with E-state index in [1.165, 1.54) is 5.56 Å². The molecule has 1 saturated heterocycles. The zero-order chi connectivity index (χ0) is 18.1. The first-order valence-corrected chi connectivity index (χ1v) is 9.09. The van der Waals surface area contributed by atoms with Gasteiger partial charge in [-0.2, -0.15) is 0 Å². The van der Waals surface area contributed by atoms with Crippen LogP contribution in [0.15, 0.2) is 67.3 Å². The summed E-state index contributed by atoms with van der Waals surface area (Å²) in [5.74, 6) is 1.30. The Hall–Kier alpha value is -2.88. The van der Waals surface area contributed by atoms with Crippen molar-refractivity contribution in [3.63, 3.8) is 0 Å². The number of para-hydroxylation sites is 2. The van der Waals surface area contributed by atoms with Crippen molar-refractivity contribution in [1.29, 1.82) is 0 Å². The number of amides is 1. The Morgan fingerprint density at radius 1 is 1.19 bits per heavy atom. The molecule has 0 spiro atoms. The maximum atomic E-state index is 12.4. The number of likely N-dealkylation sites (tertiary alicyclic amines) is 1. The fourth-order valence-corrected chi connectivity index (χ4v) is 3.92. The summed E-state index contributed by atoms with van der Waals surface area (Å²) in [5.41, 5.74) is 3.34. The number of imidazole rings is 1.